The number of anilines is 1. The molecule has 0 saturated heterocycles. The van der Waals surface area contributed by atoms with Gasteiger partial charge in [0.2, 0.25) is 0 Å². The first-order valence-electron chi connectivity index (χ1n) is 7.49. The number of nitrogens with one attached hydrogen (secondary N) is 1. The highest BCUT2D eigenvalue weighted by Gasteiger charge is 2.08. The van der Waals surface area contributed by atoms with Crippen LogP contribution in [-0.2, 0) is 0 Å². The maximum Gasteiger partial charge on any atom is 0.146 e. The molecule has 0 heterocycles. The monoisotopic (exact) mass is 266 g/mol. The van der Waals surface area contributed by atoms with Gasteiger partial charge in [-0.25, -0.2) is 4.39 Å². The van der Waals surface area contributed by atoms with E-state index in [0.29, 0.717) is 0 Å². The van der Waals surface area contributed by atoms with Crippen molar-refractivity contribution in [3.63, 3.8) is 0 Å². The summed E-state index contributed by atoms with van der Waals surface area (Å²) in [6.45, 7) is 8.18. The van der Waals surface area contributed by atoms with E-state index in [1.807, 2.05) is 12.1 Å². The number of hydrogen-bond acceptors (Lipinski definition) is 2. The number of rotatable bonds is 10. The fourth-order valence-electron chi connectivity index (χ4n) is 2.24. The number of benzene rings is 1. The molecule has 0 unspecified atom stereocenters. The highest BCUT2D eigenvalue weighted by Crippen LogP contribution is 2.19. The molecular formula is C16H27FN2. The molecule has 0 fully saturated rings. The van der Waals surface area contributed by atoms with Crippen LogP contribution in [0.5, 0.6) is 0 Å². The summed E-state index contributed by atoms with van der Waals surface area (Å²) < 4.78 is 13.7. The molecule has 2 nitrogen and oxygen atoms in total. The van der Waals surface area contributed by atoms with Gasteiger partial charge < -0.3 is 10.2 Å². The molecule has 108 valence electrons. The quantitative estimate of drug-likeness (QED) is 0.648. The third kappa shape index (κ3) is 6.06. The Hall–Kier alpha value is -1.09. The molecule has 0 aromatic heterocycles. The molecular weight excluding hydrogens is 239 g/mol. The SMILES string of the molecule is CCNCCCCCCN(CC)c1ccccc1F. The van der Waals surface area contributed by atoms with Crippen LogP contribution in [0.1, 0.15) is 39.5 Å². The van der Waals surface area contributed by atoms with Crippen LogP contribution in [0, 0.1) is 5.82 Å². The first-order valence-corrected chi connectivity index (χ1v) is 7.49. The standard InChI is InChI=1S/C16H27FN2/c1-3-18-13-9-5-6-10-14-19(4-2)16-12-8-7-11-15(16)17/h7-8,11-12,18H,3-6,9-10,13-14H2,1-2H3. The van der Waals surface area contributed by atoms with Gasteiger partial charge in [-0.2, -0.15) is 0 Å². The lowest BCUT2D eigenvalue weighted by Gasteiger charge is -2.23. The Balaban J connectivity index is 2.24. The Kier molecular flexibility index (Phi) is 8.23. The molecule has 0 bridgehead atoms. The predicted octanol–water partition coefficient (Wildman–Crippen LogP) is 3.82. The van der Waals surface area contributed by atoms with E-state index >= 15 is 0 Å². The number of halogens is 1. The van der Waals surface area contributed by atoms with Crippen LogP contribution in [0.15, 0.2) is 24.3 Å². The second-order valence-electron chi connectivity index (χ2n) is 4.80. The van der Waals surface area contributed by atoms with E-state index in [1.54, 1.807) is 6.07 Å². The lowest BCUT2D eigenvalue weighted by atomic mass is 10.1. The fourth-order valence-corrected chi connectivity index (χ4v) is 2.24. The molecule has 0 aliphatic rings. The van der Waals surface area contributed by atoms with E-state index in [1.165, 1.54) is 25.3 Å². The summed E-state index contributed by atoms with van der Waals surface area (Å²) in [6.07, 6.45) is 4.84. The van der Waals surface area contributed by atoms with E-state index < -0.39 is 0 Å². The van der Waals surface area contributed by atoms with Crippen molar-refractivity contribution in [1.29, 1.82) is 0 Å². The second-order valence-corrected chi connectivity index (χ2v) is 4.80. The maximum atomic E-state index is 13.7. The molecule has 0 aliphatic carbocycles. The van der Waals surface area contributed by atoms with E-state index in [0.717, 1.165) is 38.3 Å². The van der Waals surface area contributed by atoms with Gasteiger partial charge in [0, 0.05) is 13.1 Å². The molecule has 1 aromatic rings. The van der Waals surface area contributed by atoms with Crippen molar-refractivity contribution >= 4 is 5.69 Å². The Bertz CT molecular complexity index is 341. The van der Waals surface area contributed by atoms with Gasteiger partial charge in [0.15, 0.2) is 0 Å². The van der Waals surface area contributed by atoms with Crippen LogP contribution in [0.25, 0.3) is 0 Å². The Morgan fingerprint density at radius 3 is 2.47 bits per heavy atom. The van der Waals surface area contributed by atoms with Crippen LogP contribution < -0.4 is 10.2 Å². The van der Waals surface area contributed by atoms with E-state index in [-0.39, 0.29) is 5.82 Å². The number of hydrogen-bond donors (Lipinski definition) is 1. The zero-order valence-corrected chi connectivity index (χ0v) is 12.3. The number of unbranched alkanes of at least 4 members (excludes halogenated alkanes) is 3. The summed E-state index contributed by atoms with van der Waals surface area (Å²) in [5, 5.41) is 3.33. The smallest absolute Gasteiger partial charge is 0.146 e. The molecule has 0 spiro atoms. The molecule has 0 saturated carbocycles. The minimum atomic E-state index is -0.114. The predicted molar refractivity (Wildman–Crippen MR) is 81.3 cm³/mol. The van der Waals surface area contributed by atoms with Gasteiger partial charge in [-0.05, 0) is 45.0 Å². The summed E-state index contributed by atoms with van der Waals surface area (Å²) in [5.41, 5.74) is 0.734. The van der Waals surface area contributed by atoms with E-state index in [4.69, 9.17) is 0 Å². The summed E-state index contributed by atoms with van der Waals surface area (Å²) in [7, 11) is 0. The minimum absolute atomic E-state index is 0.114. The largest absolute Gasteiger partial charge is 0.369 e. The molecule has 1 N–H and O–H groups in total. The van der Waals surface area contributed by atoms with Crippen molar-refractivity contribution < 1.29 is 4.39 Å². The summed E-state index contributed by atoms with van der Waals surface area (Å²) in [4.78, 5) is 2.12. The maximum absolute atomic E-state index is 13.7. The zero-order valence-electron chi connectivity index (χ0n) is 12.3. The first-order chi connectivity index (χ1) is 9.29. The van der Waals surface area contributed by atoms with E-state index in [9.17, 15) is 4.39 Å². The Morgan fingerprint density at radius 1 is 1.05 bits per heavy atom. The van der Waals surface area contributed by atoms with Gasteiger partial charge in [-0.15, -0.1) is 0 Å². The third-order valence-electron chi connectivity index (χ3n) is 3.36. The highest BCUT2D eigenvalue weighted by molar-refractivity contribution is 5.47. The number of para-hydroxylation sites is 1. The Morgan fingerprint density at radius 2 is 1.79 bits per heavy atom. The van der Waals surface area contributed by atoms with Crippen LogP contribution in [0.3, 0.4) is 0 Å². The van der Waals surface area contributed by atoms with Gasteiger partial charge >= 0.3 is 0 Å². The highest BCUT2D eigenvalue weighted by atomic mass is 19.1. The van der Waals surface area contributed by atoms with Crippen LogP contribution in [-0.4, -0.2) is 26.2 Å². The second kappa shape index (κ2) is 9.79. The van der Waals surface area contributed by atoms with Crippen molar-refractivity contribution in [2.45, 2.75) is 39.5 Å². The third-order valence-corrected chi connectivity index (χ3v) is 3.36. The number of nitrogens with zero attached hydrogens (tertiary/aromatic N) is 1. The first kappa shape index (κ1) is 16.0. The van der Waals surface area contributed by atoms with Gasteiger partial charge in [-0.3, -0.25) is 0 Å². The van der Waals surface area contributed by atoms with Gasteiger partial charge in [0.05, 0.1) is 5.69 Å². The van der Waals surface area contributed by atoms with Crippen molar-refractivity contribution in [2.24, 2.45) is 0 Å². The average molecular weight is 266 g/mol. The topological polar surface area (TPSA) is 15.3 Å². The molecule has 0 atom stereocenters. The van der Waals surface area contributed by atoms with Crippen molar-refractivity contribution in [3.05, 3.63) is 30.1 Å². The molecule has 19 heavy (non-hydrogen) atoms. The van der Waals surface area contributed by atoms with Gasteiger partial charge in [-0.1, -0.05) is 31.9 Å². The summed E-state index contributed by atoms with van der Waals surface area (Å²) >= 11 is 0. The molecule has 3 heteroatoms. The molecule has 0 aliphatic heterocycles. The van der Waals surface area contributed by atoms with Crippen LogP contribution in [0.2, 0.25) is 0 Å². The van der Waals surface area contributed by atoms with Gasteiger partial charge in [0.25, 0.3) is 0 Å². The van der Waals surface area contributed by atoms with Crippen LogP contribution in [0.4, 0.5) is 10.1 Å². The molecule has 0 radical (unpaired) electrons. The molecule has 0 amide bonds. The molecule has 1 rings (SSSR count). The zero-order chi connectivity index (χ0) is 13.9. The summed E-state index contributed by atoms with van der Waals surface area (Å²) in [5.74, 6) is -0.114. The average Bonchev–Trinajstić information content (AvgIpc) is 2.43. The van der Waals surface area contributed by atoms with E-state index in [2.05, 4.69) is 24.1 Å². The Labute approximate surface area is 117 Å². The lowest BCUT2D eigenvalue weighted by molar-refractivity contribution is 0.584. The lowest BCUT2D eigenvalue weighted by Crippen LogP contribution is -2.24. The van der Waals surface area contributed by atoms with Gasteiger partial charge in [0.1, 0.15) is 5.82 Å². The van der Waals surface area contributed by atoms with Crippen LogP contribution >= 0.6 is 0 Å². The van der Waals surface area contributed by atoms with Crippen molar-refractivity contribution in [3.8, 4) is 0 Å². The normalized spacial score (nSPS) is 10.7. The minimum Gasteiger partial charge on any atom is -0.369 e. The summed E-state index contributed by atoms with van der Waals surface area (Å²) in [6, 6.07) is 7.04. The van der Waals surface area contributed by atoms with Crippen molar-refractivity contribution in [1.82, 2.24) is 5.32 Å². The fraction of sp³-hybridized carbons (Fsp3) is 0.625. The van der Waals surface area contributed by atoms with Crippen molar-refractivity contribution in [2.75, 3.05) is 31.1 Å². The molecule has 1 aromatic carbocycles.